The van der Waals surface area contributed by atoms with Crippen LogP contribution < -0.4 is 0 Å². The summed E-state index contributed by atoms with van der Waals surface area (Å²) < 4.78 is 0. The molecule has 5 nitrogen and oxygen atoms in total. The number of aromatic nitrogens is 2. The van der Waals surface area contributed by atoms with Crippen LogP contribution in [0.5, 0.6) is 0 Å². The molecule has 1 aliphatic rings. The number of aliphatic imine (C=N–C) groups is 1. The van der Waals surface area contributed by atoms with Crippen LogP contribution in [0, 0.1) is 18.3 Å². The van der Waals surface area contributed by atoms with E-state index in [9.17, 15) is 4.79 Å². The quantitative estimate of drug-likeness (QED) is 0.624. The second kappa shape index (κ2) is 8.38. The average molecular weight is 394 g/mol. The number of hydrogen-bond acceptors (Lipinski definition) is 5. The zero-order valence-corrected chi connectivity index (χ0v) is 17.1. The Labute approximate surface area is 176 Å². The number of fused-ring (bicyclic) bond motifs is 1. The van der Waals surface area contributed by atoms with Crippen LogP contribution >= 0.6 is 0 Å². The van der Waals surface area contributed by atoms with E-state index in [4.69, 9.17) is 5.26 Å². The number of aryl methyl sites for hydroxylation is 1. The first-order valence-corrected chi connectivity index (χ1v) is 10.0. The summed E-state index contributed by atoms with van der Waals surface area (Å²) in [4.78, 5) is 26.1. The Balaban J connectivity index is 1.42. The maximum Gasteiger partial charge on any atom is 0.139 e. The Morgan fingerprint density at radius 3 is 2.70 bits per heavy atom. The standard InChI is InChI=1S/C25H22N4O/c1-16(19-5-3-18(13-26)4-6-19)9-23(30)12-22-11-21-14-29-25(24(21)15-28-22)20-7-8-27-17(2)10-20/h3-8,10-11,15-16H,9,12,14H2,1-2H3/t16-/m0/s1. The van der Waals surface area contributed by atoms with Crippen LogP contribution in [0.15, 0.2) is 59.9 Å². The molecule has 0 amide bonds. The van der Waals surface area contributed by atoms with E-state index in [2.05, 4.69) is 21.0 Å². The van der Waals surface area contributed by atoms with Gasteiger partial charge in [-0.15, -0.1) is 0 Å². The summed E-state index contributed by atoms with van der Waals surface area (Å²) in [6.07, 6.45) is 4.39. The third-order valence-electron chi connectivity index (χ3n) is 5.40. The molecule has 1 aromatic carbocycles. The minimum absolute atomic E-state index is 0.101. The molecule has 2 aromatic heterocycles. The van der Waals surface area contributed by atoms with Crippen molar-refractivity contribution in [1.82, 2.24) is 9.97 Å². The first-order valence-electron chi connectivity index (χ1n) is 10.0. The van der Waals surface area contributed by atoms with Gasteiger partial charge in [-0.05, 0) is 54.3 Å². The molecule has 30 heavy (non-hydrogen) atoms. The fourth-order valence-corrected chi connectivity index (χ4v) is 3.80. The molecule has 4 rings (SSSR count). The van der Waals surface area contributed by atoms with Crippen molar-refractivity contribution >= 4 is 11.5 Å². The van der Waals surface area contributed by atoms with Gasteiger partial charge in [-0.25, -0.2) is 0 Å². The van der Waals surface area contributed by atoms with Crippen LogP contribution in [0.25, 0.3) is 0 Å². The van der Waals surface area contributed by atoms with Crippen LogP contribution in [0.1, 0.15) is 58.5 Å². The number of pyridine rings is 2. The minimum atomic E-state index is 0.101. The van der Waals surface area contributed by atoms with Crippen LogP contribution in [-0.2, 0) is 17.8 Å². The van der Waals surface area contributed by atoms with Gasteiger partial charge in [0, 0.05) is 47.8 Å². The largest absolute Gasteiger partial charge is 0.299 e. The smallest absolute Gasteiger partial charge is 0.139 e. The zero-order valence-electron chi connectivity index (χ0n) is 17.1. The minimum Gasteiger partial charge on any atom is -0.299 e. The molecule has 1 atom stereocenters. The van der Waals surface area contributed by atoms with Crippen molar-refractivity contribution in [3.63, 3.8) is 0 Å². The number of hydrogen-bond donors (Lipinski definition) is 0. The Bertz CT molecular complexity index is 1170. The summed E-state index contributed by atoms with van der Waals surface area (Å²) >= 11 is 0. The third-order valence-corrected chi connectivity index (χ3v) is 5.40. The Morgan fingerprint density at radius 2 is 1.97 bits per heavy atom. The number of rotatable bonds is 6. The molecule has 0 spiro atoms. The van der Waals surface area contributed by atoms with Gasteiger partial charge in [-0.3, -0.25) is 19.8 Å². The van der Waals surface area contributed by atoms with E-state index in [-0.39, 0.29) is 11.7 Å². The predicted octanol–water partition coefficient (Wildman–Crippen LogP) is 4.31. The third kappa shape index (κ3) is 4.18. The van der Waals surface area contributed by atoms with E-state index in [1.165, 1.54) is 0 Å². The molecule has 5 heteroatoms. The summed E-state index contributed by atoms with van der Waals surface area (Å²) in [5.41, 5.74) is 7.56. The summed E-state index contributed by atoms with van der Waals surface area (Å²) in [7, 11) is 0. The van der Waals surface area contributed by atoms with Crippen molar-refractivity contribution in [2.75, 3.05) is 0 Å². The lowest BCUT2D eigenvalue weighted by Crippen LogP contribution is -2.10. The molecule has 0 N–H and O–H groups in total. The SMILES string of the molecule is Cc1cc(C2=NCc3cc(CC(=O)C[C@H](C)c4ccc(C#N)cc4)ncc32)ccn1. The van der Waals surface area contributed by atoms with Crippen molar-refractivity contribution in [3.8, 4) is 6.07 Å². The maximum atomic E-state index is 12.6. The Kier molecular flexibility index (Phi) is 5.49. The molecule has 0 bridgehead atoms. The van der Waals surface area contributed by atoms with Crippen LogP contribution in [0.3, 0.4) is 0 Å². The normalized spacial score (nSPS) is 13.3. The van der Waals surface area contributed by atoms with E-state index in [1.807, 2.05) is 50.4 Å². The summed E-state index contributed by atoms with van der Waals surface area (Å²) in [5, 5.41) is 8.91. The highest BCUT2D eigenvalue weighted by atomic mass is 16.1. The second-order valence-corrected chi connectivity index (χ2v) is 7.74. The molecule has 0 saturated carbocycles. The number of ketones is 1. The van der Waals surface area contributed by atoms with Crippen molar-refractivity contribution in [1.29, 1.82) is 5.26 Å². The first kappa shape index (κ1) is 19.7. The fourth-order valence-electron chi connectivity index (χ4n) is 3.80. The first-order chi connectivity index (χ1) is 14.5. The van der Waals surface area contributed by atoms with Crippen molar-refractivity contribution in [2.24, 2.45) is 4.99 Å². The van der Waals surface area contributed by atoms with Crippen molar-refractivity contribution in [2.45, 2.75) is 39.2 Å². The van der Waals surface area contributed by atoms with Gasteiger partial charge in [0.1, 0.15) is 5.78 Å². The van der Waals surface area contributed by atoms with Gasteiger partial charge >= 0.3 is 0 Å². The fraction of sp³-hybridized carbons (Fsp3) is 0.240. The van der Waals surface area contributed by atoms with Crippen LogP contribution in [0.2, 0.25) is 0 Å². The number of nitriles is 1. The van der Waals surface area contributed by atoms with Gasteiger partial charge in [0.15, 0.2) is 0 Å². The van der Waals surface area contributed by atoms with Gasteiger partial charge in [-0.2, -0.15) is 5.26 Å². The van der Waals surface area contributed by atoms with Gasteiger partial charge in [0.05, 0.1) is 23.9 Å². The van der Waals surface area contributed by atoms with Gasteiger partial charge in [0.25, 0.3) is 0 Å². The number of nitrogens with zero attached hydrogens (tertiary/aromatic N) is 4. The maximum absolute atomic E-state index is 12.6. The highest BCUT2D eigenvalue weighted by Crippen LogP contribution is 2.24. The number of Topliss-reactive ketones (excluding diaryl/α,β-unsaturated/α-hetero) is 1. The van der Waals surface area contributed by atoms with E-state index in [0.717, 1.165) is 39.4 Å². The summed E-state index contributed by atoms with van der Waals surface area (Å²) in [5.74, 6) is 0.257. The molecule has 1 aliphatic heterocycles. The molecule has 0 fully saturated rings. The van der Waals surface area contributed by atoms with Gasteiger partial charge < -0.3 is 0 Å². The van der Waals surface area contributed by atoms with E-state index in [0.29, 0.717) is 24.9 Å². The number of benzene rings is 1. The molecular weight excluding hydrogens is 372 g/mol. The van der Waals surface area contributed by atoms with Crippen molar-refractivity contribution < 1.29 is 4.79 Å². The summed E-state index contributed by atoms with van der Waals surface area (Å²) in [6.45, 7) is 4.61. The lowest BCUT2D eigenvalue weighted by atomic mass is 9.93. The lowest BCUT2D eigenvalue weighted by molar-refractivity contribution is -0.118. The Hall–Kier alpha value is -3.65. The van der Waals surface area contributed by atoms with Gasteiger partial charge in [0.2, 0.25) is 0 Å². The second-order valence-electron chi connectivity index (χ2n) is 7.74. The molecule has 0 aliphatic carbocycles. The molecule has 3 aromatic rings. The highest BCUT2D eigenvalue weighted by molar-refractivity contribution is 6.15. The molecule has 0 unspecified atom stereocenters. The number of carbonyl (C=O) groups is 1. The van der Waals surface area contributed by atoms with Crippen molar-refractivity contribution in [3.05, 3.63) is 94.1 Å². The van der Waals surface area contributed by atoms with E-state index >= 15 is 0 Å². The molecule has 0 radical (unpaired) electrons. The molecule has 148 valence electrons. The Morgan fingerprint density at radius 1 is 1.17 bits per heavy atom. The van der Waals surface area contributed by atoms with Crippen LogP contribution in [0.4, 0.5) is 0 Å². The summed E-state index contributed by atoms with van der Waals surface area (Å²) in [6, 6.07) is 15.5. The number of carbonyl (C=O) groups excluding carboxylic acids is 1. The van der Waals surface area contributed by atoms with Crippen LogP contribution in [-0.4, -0.2) is 21.5 Å². The average Bonchev–Trinajstić information content (AvgIpc) is 3.17. The van der Waals surface area contributed by atoms with E-state index in [1.54, 1.807) is 18.3 Å². The monoisotopic (exact) mass is 394 g/mol. The van der Waals surface area contributed by atoms with E-state index < -0.39 is 0 Å². The molecular formula is C25H22N4O. The molecule has 0 saturated heterocycles. The zero-order chi connectivity index (χ0) is 21.1. The highest BCUT2D eigenvalue weighted by Gasteiger charge is 2.20. The topological polar surface area (TPSA) is 79.0 Å². The molecule has 3 heterocycles. The predicted molar refractivity (Wildman–Crippen MR) is 115 cm³/mol. The van der Waals surface area contributed by atoms with Gasteiger partial charge in [-0.1, -0.05) is 19.1 Å². The lowest BCUT2D eigenvalue weighted by Gasteiger charge is -2.11.